The first kappa shape index (κ1) is 11.4. The molecule has 0 saturated carbocycles. The van der Waals surface area contributed by atoms with E-state index in [2.05, 4.69) is 0 Å². The minimum Gasteiger partial charge on any atom is -0.481 e. The molecule has 0 spiro atoms. The molecule has 0 atom stereocenters. The second kappa shape index (κ2) is 6.01. The van der Waals surface area contributed by atoms with E-state index in [0.29, 0.717) is 5.57 Å². The fourth-order valence-electron chi connectivity index (χ4n) is 0.748. The molecule has 0 saturated heterocycles. The summed E-state index contributed by atoms with van der Waals surface area (Å²) in [6, 6.07) is 2.01. The van der Waals surface area contributed by atoms with Crippen LogP contribution in [-0.2, 0) is 4.74 Å². The number of hydrogen-bond donors (Lipinski definition) is 1. The van der Waals surface area contributed by atoms with Gasteiger partial charge in [0.25, 0.3) is 0 Å². The van der Waals surface area contributed by atoms with Gasteiger partial charge >= 0.3 is 0 Å². The predicted molar refractivity (Wildman–Crippen MR) is 52.5 cm³/mol. The van der Waals surface area contributed by atoms with Gasteiger partial charge < -0.3 is 4.74 Å². The lowest BCUT2D eigenvalue weighted by Gasteiger charge is -2.02. The Bertz CT molecular complexity index is 282. The minimum absolute atomic E-state index is 0.157. The van der Waals surface area contributed by atoms with Crippen molar-refractivity contribution in [3.05, 3.63) is 23.3 Å². The SMILES string of the molecule is CC/C(=C\C=C(/C)C#N)C(=N)OC. The third-order valence-corrected chi connectivity index (χ3v) is 1.59. The van der Waals surface area contributed by atoms with Crippen LogP contribution in [-0.4, -0.2) is 13.0 Å². The second-order valence-electron chi connectivity index (χ2n) is 2.54. The number of nitrogens with one attached hydrogen (secondary N) is 1. The Morgan fingerprint density at radius 3 is 2.54 bits per heavy atom. The lowest BCUT2D eigenvalue weighted by atomic mass is 10.1. The third-order valence-electron chi connectivity index (χ3n) is 1.59. The van der Waals surface area contributed by atoms with Crippen molar-refractivity contribution >= 4 is 5.90 Å². The molecule has 1 N–H and O–H groups in total. The van der Waals surface area contributed by atoms with Gasteiger partial charge in [-0.3, -0.25) is 5.41 Å². The zero-order valence-corrected chi connectivity index (χ0v) is 8.22. The lowest BCUT2D eigenvalue weighted by molar-refractivity contribution is 0.398. The molecule has 3 heteroatoms. The molecule has 0 aliphatic carbocycles. The van der Waals surface area contributed by atoms with E-state index in [9.17, 15) is 0 Å². The van der Waals surface area contributed by atoms with Crippen molar-refractivity contribution in [2.75, 3.05) is 7.11 Å². The molecule has 0 fully saturated rings. The van der Waals surface area contributed by atoms with Crippen LogP contribution in [0.15, 0.2) is 23.3 Å². The molecular formula is C10H14N2O. The van der Waals surface area contributed by atoms with Crippen molar-refractivity contribution in [3.8, 4) is 6.07 Å². The Balaban J connectivity index is 4.60. The van der Waals surface area contributed by atoms with Gasteiger partial charge in [0.05, 0.1) is 13.2 Å². The van der Waals surface area contributed by atoms with Crippen LogP contribution >= 0.6 is 0 Å². The highest BCUT2D eigenvalue weighted by Gasteiger charge is 2.00. The van der Waals surface area contributed by atoms with Gasteiger partial charge in [0.15, 0.2) is 0 Å². The Morgan fingerprint density at radius 2 is 2.15 bits per heavy atom. The van der Waals surface area contributed by atoms with E-state index in [1.807, 2.05) is 13.0 Å². The van der Waals surface area contributed by atoms with E-state index in [-0.39, 0.29) is 5.90 Å². The number of hydrogen-bond acceptors (Lipinski definition) is 3. The van der Waals surface area contributed by atoms with Gasteiger partial charge in [-0.1, -0.05) is 13.0 Å². The summed E-state index contributed by atoms with van der Waals surface area (Å²) in [5, 5.41) is 15.9. The summed E-state index contributed by atoms with van der Waals surface area (Å²) in [7, 11) is 1.46. The van der Waals surface area contributed by atoms with Crippen LogP contribution in [0.5, 0.6) is 0 Å². The van der Waals surface area contributed by atoms with Crippen LogP contribution in [0.1, 0.15) is 20.3 Å². The standard InChI is InChI=1S/C10H14N2O/c1-4-9(10(12)13-3)6-5-8(2)7-11/h5-6,12H,4H2,1-3H3/b8-5+,9-6+,12-10?. The molecule has 0 unspecified atom stereocenters. The summed E-state index contributed by atoms with van der Waals surface area (Å²) in [6.45, 7) is 3.66. The molecule has 0 aliphatic heterocycles. The van der Waals surface area contributed by atoms with Crippen molar-refractivity contribution < 1.29 is 4.74 Å². The fraction of sp³-hybridized carbons (Fsp3) is 0.400. The largest absolute Gasteiger partial charge is 0.481 e. The zero-order chi connectivity index (χ0) is 10.3. The number of nitriles is 1. The van der Waals surface area contributed by atoms with Gasteiger partial charge in [-0.05, 0) is 19.4 Å². The van der Waals surface area contributed by atoms with Gasteiger partial charge in [0.2, 0.25) is 5.90 Å². The molecule has 0 bridgehead atoms. The molecule has 3 nitrogen and oxygen atoms in total. The summed E-state index contributed by atoms with van der Waals surface area (Å²) in [6.07, 6.45) is 4.15. The van der Waals surface area contributed by atoms with E-state index in [1.165, 1.54) is 7.11 Å². The number of ether oxygens (including phenoxy) is 1. The molecule has 13 heavy (non-hydrogen) atoms. The van der Waals surface area contributed by atoms with Gasteiger partial charge in [-0.25, -0.2) is 0 Å². The molecular weight excluding hydrogens is 164 g/mol. The summed E-state index contributed by atoms with van der Waals surface area (Å²) >= 11 is 0. The molecule has 0 aromatic rings. The van der Waals surface area contributed by atoms with Gasteiger partial charge in [-0.15, -0.1) is 0 Å². The van der Waals surface area contributed by atoms with Crippen molar-refractivity contribution in [1.29, 1.82) is 10.7 Å². The highest BCUT2D eigenvalue weighted by molar-refractivity contribution is 5.91. The number of rotatable bonds is 3. The highest BCUT2D eigenvalue weighted by Crippen LogP contribution is 2.04. The molecule has 0 radical (unpaired) electrons. The summed E-state index contributed by atoms with van der Waals surface area (Å²) in [5.41, 5.74) is 1.41. The van der Waals surface area contributed by atoms with Gasteiger partial charge in [-0.2, -0.15) is 5.26 Å². The highest BCUT2D eigenvalue weighted by atomic mass is 16.5. The lowest BCUT2D eigenvalue weighted by Crippen LogP contribution is -2.02. The summed E-state index contributed by atoms with van der Waals surface area (Å²) in [5.74, 6) is 0.157. The van der Waals surface area contributed by atoms with E-state index in [4.69, 9.17) is 15.4 Å². The van der Waals surface area contributed by atoms with Crippen molar-refractivity contribution in [1.82, 2.24) is 0 Å². The van der Waals surface area contributed by atoms with E-state index in [1.54, 1.807) is 19.1 Å². The molecule has 0 heterocycles. The molecule has 0 amide bonds. The van der Waals surface area contributed by atoms with Crippen LogP contribution in [0.4, 0.5) is 0 Å². The van der Waals surface area contributed by atoms with Crippen molar-refractivity contribution in [2.24, 2.45) is 0 Å². The molecule has 0 rings (SSSR count). The van der Waals surface area contributed by atoms with E-state index in [0.717, 1.165) is 12.0 Å². The van der Waals surface area contributed by atoms with Crippen LogP contribution < -0.4 is 0 Å². The summed E-state index contributed by atoms with van der Waals surface area (Å²) in [4.78, 5) is 0. The molecule has 70 valence electrons. The Hall–Kier alpha value is -1.56. The quantitative estimate of drug-likeness (QED) is 0.312. The first-order valence-corrected chi connectivity index (χ1v) is 4.06. The Morgan fingerprint density at radius 1 is 1.54 bits per heavy atom. The van der Waals surface area contributed by atoms with Crippen LogP contribution in [0.2, 0.25) is 0 Å². The Kier molecular flexibility index (Phi) is 5.29. The fourth-order valence-corrected chi connectivity index (χ4v) is 0.748. The monoisotopic (exact) mass is 178 g/mol. The van der Waals surface area contributed by atoms with Crippen LogP contribution in [0, 0.1) is 16.7 Å². The average Bonchev–Trinajstić information content (AvgIpc) is 2.17. The zero-order valence-electron chi connectivity index (χ0n) is 8.22. The maximum atomic E-state index is 8.48. The van der Waals surface area contributed by atoms with Crippen LogP contribution in [0.25, 0.3) is 0 Å². The Labute approximate surface area is 78.8 Å². The predicted octanol–water partition coefficient (Wildman–Crippen LogP) is 2.42. The van der Waals surface area contributed by atoms with Crippen molar-refractivity contribution in [3.63, 3.8) is 0 Å². The molecule has 0 aromatic heterocycles. The van der Waals surface area contributed by atoms with Gasteiger partial charge in [0.1, 0.15) is 0 Å². The smallest absolute Gasteiger partial charge is 0.208 e. The van der Waals surface area contributed by atoms with Crippen molar-refractivity contribution in [2.45, 2.75) is 20.3 Å². The van der Waals surface area contributed by atoms with E-state index >= 15 is 0 Å². The average molecular weight is 178 g/mol. The van der Waals surface area contributed by atoms with Crippen LogP contribution in [0.3, 0.4) is 0 Å². The van der Waals surface area contributed by atoms with E-state index < -0.39 is 0 Å². The maximum absolute atomic E-state index is 8.48. The topological polar surface area (TPSA) is 56.9 Å². The first-order valence-electron chi connectivity index (χ1n) is 4.06. The maximum Gasteiger partial charge on any atom is 0.208 e. The van der Waals surface area contributed by atoms with Gasteiger partial charge in [0, 0.05) is 11.1 Å². The number of nitrogens with zero attached hydrogens (tertiary/aromatic N) is 1. The summed E-state index contributed by atoms with van der Waals surface area (Å²) < 4.78 is 4.77. The second-order valence-corrected chi connectivity index (χ2v) is 2.54. The number of allylic oxidation sites excluding steroid dienone is 3. The first-order chi connectivity index (χ1) is 6.15. The normalized spacial score (nSPS) is 12.2. The minimum atomic E-state index is 0.157. The number of methoxy groups -OCH3 is 1. The molecule has 0 aliphatic rings. The molecule has 0 aromatic carbocycles. The third kappa shape index (κ3) is 4.12.